The molecule has 4 heteroatoms. The van der Waals surface area contributed by atoms with Crippen molar-refractivity contribution in [1.82, 2.24) is 0 Å². The Kier molecular flexibility index (Phi) is 2.13. The number of fused-ring (bicyclic) bond motifs is 2. The first-order chi connectivity index (χ1) is 8.78. The summed E-state index contributed by atoms with van der Waals surface area (Å²) in [6.07, 6.45) is 9.64. The van der Waals surface area contributed by atoms with Gasteiger partial charge in [-0.1, -0.05) is 6.08 Å². The van der Waals surface area contributed by atoms with Crippen LogP contribution in [-0.2, 0) is 19.0 Å². The van der Waals surface area contributed by atoms with Gasteiger partial charge in [-0.25, -0.2) is 4.79 Å². The molecule has 4 rings (SSSR count). The third-order valence-corrected chi connectivity index (χ3v) is 4.19. The van der Waals surface area contributed by atoms with Crippen LogP contribution in [0.4, 0.5) is 0 Å². The number of carbonyl (C=O) groups excluding carboxylic acids is 1. The minimum Gasteiger partial charge on any atom is -0.467 e. The first-order valence-electron chi connectivity index (χ1n) is 6.70. The number of ether oxygens (including phenoxy) is 3. The van der Waals surface area contributed by atoms with E-state index in [2.05, 4.69) is 6.08 Å². The van der Waals surface area contributed by atoms with Gasteiger partial charge < -0.3 is 14.2 Å². The molecule has 0 bridgehead atoms. The predicted octanol–water partition coefficient (Wildman–Crippen LogP) is 1.85. The molecule has 0 aromatic heterocycles. The molecule has 0 amide bonds. The van der Waals surface area contributed by atoms with E-state index in [0.29, 0.717) is 12.7 Å². The molecule has 3 atom stereocenters. The maximum Gasteiger partial charge on any atom is 0.358 e. The first-order valence-corrected chi connectivity index (χ1v) is 6.70. The maximum atomic E-state index is 12.0. The highest BCUT2D eigenvalue weighted by Crippen LogP contribution is 2.49. The van der Waals surface area contributed by atoms with Gasteiger partial charge in [0, 0.05) is 6.42 Å². The largest absolute Gasteiger partial charge is 0.467 e. The van der Waals surface area contributed by atoms with Crippen LogP contribution in [0, 0.1) is 0 Å². The predicted molar refractivity (Wildman–Crippen MR) is 62.7 cm³/mol. The molecule has 0 aromatic rings. The highest BCUT2D eigenvalue weighted by atomic mass is 16.6. The van der Waals surface area contributed by atoms with Gasteiger partial charge in [-0.05, 0) is 37.3 Å². The van der Waals surface area contributed by atoms with E-state index in [1.54, 1.807) is 0 Å². The van der Waals surface area contributed by atoms with Crippen molar-refractivity contribution in [3.8, 4) is 0 Å². The number of carbonyl (C=O) groups is 1. The van der Waals surface area contributed by atoms with E-state index >= 15 is 0 Å². The van der Waals surface area contributed by atoms with Crippen LogP contribution >= 0.6 is 0 Å². The second kappa shape index (κ2) is 3.60. The Morgan fingerprint density at radius 3 is 3.33 bits per heavy atom. The Morgan fingerprint density at radius 1 is 1.56 bits per heavy atom. The fourth-order valence-electron chi connectivity index (χ4n) is 2.95. The van der Waals surface area contributed by atoms with E-state index in [1.807, 2.05) is 6.08 Å². The maximum absolute atomic E-state index is 12.0. The van der Waals surface area contributed by atoms with Gasteiger partial charge >= 0.3 is 5.97 Å². The number of allylic oxidation sites excluding steroid dienone is 1. The van der Waals surface area contributed by atoms with Gasteiger partial charge in [-0.2, -0.15) is 0 Å². The summed E-state index contributed by atoms with van der Waals surface area (Å²) in [5.74, 6) is 0.607. The van der Waals surface area contributed by atoms with Gasteiger partial charge in [-0.3, -0.25) is 0 Å². The number of hydrogen-bond donors (Lipinski definition) is 0. The van der Waals surface area contributed by atoms with Crippen molar-refractivity contribution in [3.05, 3.63) is 23.5 Å². The van der Waals surface area contributed by atoms with Gasteiger partial charge in [0.1, 0.15) is 18.5 Å². The molecule has 4 aliphatic rings. The summed E-state index contributed by atoms with van der Waals surface area (Å²) < 4.78 is 16.3. The monoisotopic (exact) mass is 248 g/mol. The van der Waals surface area contributed by atoms with E-state index in [-0.39, 0.29) is 12.1 Å². The van der Waals surface area contributed by atoms with Crippen LogP contribution in [0.25, 0.3) is 0 Å². The molecule has 0 radical (unpaired) electrons. The van der Waals surface area contributed by atoms with Crippen molar-refractivity contribution in [2.75, 3.05) is 6.61 Å². The smallest absolute Gasteiger partial charge is 0.358 e. The molecule has 2 heterocycles. The molecule has 2 fully saturated rings. The molecule has 0 N–H and O–H groups in total. The summed E-state index contributed by atoms with van der Waals surface area (Å²) in [5, 5.41) is 0. The van der Waals surface area contributed by atoms with Gasteiger partial charge in [0.25, 0.3) is 5.60 Å². The molecule has 3 unspecified atom stereocenters. The van der Waals surface area contributed by atoms with Crippen LogP contribution in [0.3, 0.4) is 0 Å². The lowest BCUT2D eigenvalue weighted by Gasteiger charge is -2.14. The highest BCUT2D eigenvalue weighted by Gasteiger charge is 2.61. The molecule has 0 aromatic carbocycles. The Morgan fingerprint density at radius 2 is 2.50 bits per heavy atom. The summed E-state index contributed by atoms with van der Waals surface area (Å²) in [6.45, 7) is 0.393. The van der Waals surface area contributed by atoms with Crippen molar-refractivity contribution >= 4 is 5.97 Å². The molecular formula is C14H16O4. The lowest BCUT2D eigenvalue weighted by atomic mass is 9.95. The standard InChI is InChI=1S/C14H16O4/c15-13(14-6-2-1-3-12(14)18-14)16-8-9-4-5-10-11(7-9)17-10/h3,7,10-11H,1-2,4-6,8H2. The summed E-state index contributed by atoms with van der Waals surface area (Å²) in [7, 11) is 0. The molecule has 0 saturated carbocycles. The van der Waals surface area contributed by atoms with E-state index in [0.717, 1.165) is 37.9 Å². The van der Waals surface area contributed by atoms with E-state index in [9.17, 15) is 4.79 Å². The number of hydrogen-bond acceptors (Lipinski definition) is 4. The van der Waals surface area contributed by atoms with Gasteiger partial charge in [0.2, 0.25) is 0 Å². The Labute approximate surface area is 106 Å². The highest BCUT2D eigenvalue weighted by molar-refractivity contribution is 5.87. The first kappa shape index (κ1) is 10.6. The van der Waals surface area contributed by atoms with Gasteiger partial charge in [0.05, 0.1) is 6.10 Å². The lowest BCUT2D eigenvalue weighted by Crippen LogP contribution is -2.28. The summed E-state index contributed by atoms with van der Waals surface area (Å²) in [6, 6.07) is 0. The SMILES string of the molecule is O=C(OCC1=CC2OC2CC1)C12CCCC=C1O2. The average molecular weight is 248 g/mol. The lowest BCUT2D eigenvalue weighted by molar-refractivity contribution is -0.149. The summed E-state index contributed by atoms with van der Waals surface area (Å²) in [4.78, 5) is 12.0. The zero-order valence-electron chi connectivity index (χ0n) is 10.2. The molecular weight excluding hydrogens is 232 g/mol. The Hall–Kier alpha value is -1.29. The molecule has 4 nitrogen and oxygen atoms in total. The number of epoxide rings is 2. The van der Waals surface area contributed by atoms with Crippen molar-refractivity contribution < 1.29 is 19.0 Å². The number of rotatable bonds is 3. The van der Waals surface area contributed by atoms with Crippen LogP contribution in [0.1, 0.15) is 32.1 Å². The van der Waals surface area contributed by atoms with Crippen LogP contribution in [0.5, 0.6) is 0 Å². The second-order valence-electron chi connectivity index (χ2n) is 5.47. The van der Waals surface area contributed by atoms with Crippen molar-refractivity contribution in [2.24, 2.45) is 0 Å². The van der Waals surface area contributed by atoms with E-state index in [1.165, 1.54) is 5.57 Å². The minimum atomic E-state index is -0.702. The molecule has 2 aliphatic carbocycles. The van der Waals surface area contributed by atoms with Crippen molar-refractivity contribution in [1.29, 1.82) is 0 Å². The number of esters is 1. The molecule has 2 aliphatic heterocycles. The minimum absolute atomic E-state index is 0.215. The molecule has 18 heavy (non-hydrogen) atoms. The van der Waals surface area contributed by atoms with Crippen molar-refractivity contribution in [3.63, 3.8) is 0 Å². The topological polar surface area (TPSA) is 51.4 Å². The Balaban J connectivity index is 1.37. The second-order valence-corrected chi connectivity index (χ2v) is 5.47. The fraction of sp³-hybridized carbons (Fsp3) is 0.643. The summed E-state index contributed by atoms with van der Waals surface area (Å²) in [5.41, 5.74) is 0.479. The van der Waals surface area contributed by atoms with Crippen molar-refractivity contribution in [2.45, 2.75) is 49.9 Å². The zero-order valence-corrected chi connectivity index (χ0v) is 10.2. The van der Waals surface area contributed by atoms with Gasteiger partial charge in [-0.15, -0.1) is 0 Å². The van der Waals surface area contributed by atoms with E-state index < -0.39 is 5.60 Å². The van der Waals surface area contributed by atoms with Crippen LogP contribution in [0.15, 0.2) is 23.5 Å². The van der Waals surface area contributed by atoms with Crippen LogP contribution in [-0.4, -0.2) is 30.4 Å². The zero-order chi connectivity index (χ0) is 12.2. The summed E-state index contributed by atoms with van der Waals surface area (Å²) >= 11 is 0. The molecule has 0 spiro atoms. The molecule has 2 saturated heterocycles. The van der Waals surface area contributed by atoms with Gasteiger partial charge in [0.15, 0.2) is 0 Å². The Bertz CT molecular complexity index is 464. The average Bonchev–Trinajstić information content (AvgIpc) is 3.27. The third kappa shape index (κ3) is 1.59. The third-order valence-electron chi connectivity index (χ3n) is 4.19. The normalized spacial score (nSPS) is 39.6. The van der Waals surface area contributed by atoms with E-state index in [4.69, 9.17) is 14.2 Å². The van der Waals surface area contributed by atoms with Crippen LogP contribution < -0.4 is 0 Å². The fourth-order valence-corrected chi connectivity index (χ4v) is 2.95. The molecule has 96 valence electrons. The van der Waals surface area contributed by atoms with Crippen LogP contribution in [0.2, 0.25) is 0 Å². The quantitative estimate of drug-likeness (QED) is 0.434.